The molecule has 0 N–H and O–H groups in total. The van der Waals surface area contributed by atoms with Crippen molar-refractivity contribution in [2.24, 2.45) is 14.1 Å². The van der Waals surface area contributed by atoms with Gasteiger partial charge >= 0.3 is 0 Å². The Bertz CT molecular complexity index is 285. The van der Waals surface area contributed by atoms with Crippen LogP contribution in [0.3, 0.4) is 0 Å². The van der Waals surface area contributed by atoms with Gasteiger partial charge in [-0.3, -0.25) is 0 Å². The normalized spacial score (nSPS) is 8.71. The summed E-state index contributed by atoms with van der Waals surface area (Å²) in [5.41, 5.74) is 0. The largest absolute Gasteiger partial charge is 0.357 e. The minimum absolute atomic E-state index is 1.34. The average Bonchev–Trinajstić information content (AvgIpc) is 2.95. The number of aromatic nitrogens is 2. The van der Waals surface area contributed by atoms with Crippen molar-refractivity contribution in [3.63, 3.8) is 0 Å². The highest BCUT2D eigenvalue weighted by Crippen LogP contribution is 1.88. The predicted octanol–water partition coefficient (Wildman–Crippen LogP) is 4.25. The number of unbranched alkanes of at least 4 members (excludes halogenated alkanes) is 2. The molecule has 0 saturated carbocycles. The molecule has 2 aromatic heterocycles. The molecular formula is C15H26N2. The van der Waals surface area contributed by atoms with Crippen LogP contribution >= 0.6 is 0 Å². The molecule has 0 radical (unpaired) electrons. The van der Waals surface area contributed by atoms with Crippen LogP contribution in [0.2, 0.25) is 0 Å². The Kier molecular flexibility index (Phi) is 10.1. The van der Waals surface area contributed by atoms with Gasteiger partial charge in [-0.15, -0.1) is 0 Å². The quantitative estimate of drug-likeness (QED) is 0.735. The molecule has 0 aliphatic rings. The molecule has 0 atom stereocenters. The molecule has 0 spiro atoms. The molecule has 2 heterocycles. The predicted molar refractivity (Wildman–Crippen MR) is 76.0 cm³/mol. The van der Waals surface area contributed by atoms with Crippen LogP contribution in [0, 0.1) is 0 Å². The maximum absolute atomic E-state index is 2.21. The lowest BCUT2D eigenvalue weighted by Crippen LogP contribution is -1.75. The smallest absolute Gasteiger partial charge is 0.0106 e. The molecule has 2 rings (SSSR count). The van der Waals surface area contributed by atoms with Crippen molar-refractivity contribution in [2.45, 2.75) is 33.1 Å². The van der Waals surface area contributed by atoms with E-state index in [9.17, 15) is 0 Å². The van der Waals surface area contributed by atoms with Crippen LogP contribution in [0.15, 0.2) is 49.1 Å². The van der Waals surface area contributed by atoms with E-state index < -0.39 is 0 Å². The topological polar surface area (TPSA) is 9.86 Å². The lowest BCUT2D eigenvalue weighted by Gasteiger charge is -1.79. The Hall–Kier alpha value is -1.44. The van der Waals surface area contributed by atoms with Crippen molar-refractivity contribution >= 4 is 0 Å². The van der Waals surface area contributed by atoms with Crippen LogP contribution in [-0.4, -0.2) is 9.13 Å². The van der Waals surface area contributed by atoms with E-state index >= 15 is 0 Å². The van der Waals surface area contributed by atoms with Gasteiger partial charge in [0.2, 0.25) is 0 Å². The second kappa shape index (κ2) is 11.1. The summed E-state index contributed by atoms with van der Waals surface area (Å²) in [6.45, 7) is 4.42. The van der Waals surface area contributed by atoms with Crippen LogP contribution < -0.4 is 0 Å². The van der Waals surface area contributed by atoms with E-state index in [0.29, 0.717) is 0 Å². The SMILES string of the molecule is CCCCC.Cn1cccc1.Cn1cccc1. The van der Waals surface area contributed by atoms with Gasteiger partial charge in [-0.25, -0.2) is 0 Å². The highest BCUT2D eigenvalue weighted by Gasteiger charge is 1.69. The van der Waals surface area contributed by atoms with Gasteiger partial charge in [-0.05, 0) is 24.3 Å². The van der Waals surface area contributed by atoms with E-state index in [-0.39, 0.29) is 0 Å². The van der Waals surface area contributed by atoms with Gasteiger partial charge in [-0.2, -0.15) is 0 Å². The van der Waals surface area contributed by atoms with Crippen molar-refractivity contribution in [3.05, 3.63) is 49.1 Å². The molecule has 0 aliphatic heterocycles. The standard InChI is InChI=1S/2C5H7N.C5H12/c2*1-6-4-2-3-5-6;1-3-5-4-2/h2*2-5H,1H3;3-5H2,1-2H3. The summed E-state index contributed by atoms with van der Waals surface area (Å²) < 4.78 is 4.00. The summed E-state index contributed by atoms with van der Waals surface area (Å²) in [7, 11) is 4.00. The fraction of sp³-hybridized carbons (Fsp3) is 0.467. The summed E-state index contributed by atoms with van der Waals surface area (Å²) in [6, 6.07) is 8.00. The van der Waals surface area contributed by atoms with Crippen molar-refractivity contribution in [1.29, 1.82) is 0 Å². The summed E-state index contributed by atoms with van der Waals surface area (Å²) in [6.07, 6.45) is 12.1. The molecule has 0 aliphatic carbocycles. The first-order valence-corrected chi connectivity index (χ1v) is 6.34. The molecule has 96 valence electrons. The van der Waals surface area contributed by atoms with E-state index in [1.807, 2.05) is 72.3 Å². The van der Waals surface area contributed by atoms with Crippen LogP contribution in [0.25, 0.3) is 0 Å². The second-order valence-corrected chi connectivity index (χ2v) is 4.05. The Morgan fingerprint density at radius 1 is 0.647 bits per heavy atom. The van der Waals surface area contributed by atoms with Crippen LogP contribution in [0.5, 0.6) is 0 Å². The zero-order valence-electron chi connectivity index (χ0n) is 11.6. The first-order chi connectivity index (χ1) is 8.20. The monoisotopic (exact) mass is 234 g/mol. The van der Waals surface area contributed by atoms with Crippen molar-refractivity contribution in [3.8, 4) is 0 Å². The van der Waals surface area contributed by atoms with Gasteiger partial charge in [-0.1, -0.05) is 33.1 Å². The third-order valence-corrected chi connectivity index (χ3v) is 2.21. The third-order valence-electron chi connectivity index (χ3n) is 2.21. The Balaban J connectivity index is 0.000000228. The molecule has 2 heteroatoms. The number of aryl methyl sites for hydroxylation is 2. The van der Waals surface area contributed by atoms with Crippen LogP contribution in [0.4, 0.5) is 0 Å². The minimum Gasteiger partial charge on any atom is -0.357 e. The molecule has 0 unspecified atom stereocenters. The van der Waals surface area contributed by atoms with Gasteiger partial charge in [0.15, 0.2) is 0 Å². The first-order valence-electron chi connectivity index (χ1n) is 6.34. The maximum Gasteiger partial charge on any atom is 0.0106 e. The molecular weight excluding hydrogens is 208 g/mol. The fourth-order valence-corrected chi connectivity index (χ4v) is 1.19. The summed E-state index contributed by atoms with van der Waals surface area (Å²) in [5, 5.41) is 0. The Labute approximate surface area is 106 Å². The average molecular weight is 234 g/mol. The molecule has 2 nitrogen and oxygen atoms in total. The highest BCUT2D eigenvalue weighted by atomic mass is 14.9. The van der Waals surface area contributed by atoms with Crippen molar-refractivity contribution < 1.29 is 0 Å². The third kappa shape index (κ3) is 10.8. The number of hydrogen-bond donors (Lipinski definition) is 0. The Morgan fingerprint density at radius 2 is 0.941 bits per heavy atom. The van der Waals surface area contributed by atoms with Crippen LogP contribution in [-0.2, 0) is 14.1 Å². The summed E-state index contributed by atoms with van der Waals surface area (Å²) in [5.74, 6) is 0. The molecule has 0 fully saturated rings. The molecule has 0 saturated heterocycles. The minimum atomic E-state index is 1.34. The fourth-order valence-electron chi connectivity index (χ4n) is 1.19. The van der Waals surface area contributed by atoms with E-state index in [1.165, 1.54) is 19.3 Å². The van der Waals surface area contributed by atoms with Crippen molar-refractivity contribution in [2.75, 3.05) is 0 Å². The van der Waals surface area contributed by atoms with E-state index in [2.05, 4.69) is 13.8 Å². The second-order valence-electron chi connectivity index (χ2n) is 4.05. The molecule has 0 bridgehead atoms. The van der Waals surface area contributed by atoms with Crippen LogP contribution in [0.1, 0.15) is 33.1 Å². The van der Waals surface area contributed by atoms with Gasteiger partial charge in [0.25, 0.3) is 0 Å². The first kappa shape index (κ1) is 15.6. The maximum atomic E-state index is 2.21. The summed E-state index contributed by atoms with van der Waals surface area (Å²) >= 11 is 0. The van der Waals surface area contributed by atoms with Gasteiger partial charge in [0, 0.05) is 38.9 Å². The Morgan fingerprint density at radius 3 is 1.00 bits per heavy atom. The number of hydrogen-bond acceptors (Lipinski definition) is 0. The zero-order valence-corrected chi connectivity index (χ0v) is 11.6. The number of nitrogens with zero attached hydrogens (tertiary/aromatic N) is 2. The van der Waals surface area contributed by atoms with E-state index in [1.54, 1.807) is 0 Å². The molecule has 17 heavy (non-hydrogen) atoms. The van der Waals surface area contributed by atoms with Crippen molar-refractivity contribution in [1.82, 2.24) is 9.13 Å². The molecule has 0 amide bonds. The molecule has 2 aromatic rings. The zero-order chi connectivity index (χ0) is 12.9. The van der Waals surface area contributed by atoms with E-state index in [0.717, 1.165) is 0 Å². The summed E-state index contributed by atoms with van der Waals surface area (Å²) in [4.78, 5) is 0. The number of rotatable bonds is 2. The van der Waals surface area contributed by atoms with Gasteiger partial charge in [0.1, 0.15) is 0 Å². The lowest BCUT2D eigenvalue weighted by atomic mass is 10.3. The highest BCUT2D eigenvalue weighted by molar-refractivity contribution is 4.88. The molecule has 0 aromatic carbocycles. The van der Waals surface area contributed by atoms with Gasteiger partial charge < -0.3 is 9.13 Å². The lowest BCUT2D eigenvalue weighted by molar-refractivity contribution is 0.772. The van der Waals surface area contributed by atoms with E-state index in [4.69, 9.17) is 0 Å². The van der Waals surface area contributed by atoms with Gasteiger partial charge in [0.05, 0.1) is 0 Å².